The second-order valence-electron chi connectivity index (χ2n) is 7.78. The minimum Gasteiger partial charge on any atom is -0.322 e. The van der Waals surface area contributed by atoms with Crippen LogP contribution in [0.1, 0.15) is 43.4 Å². The van der Waals surface area contributed by atoms with Crippen LogP contribution in [0, 0.1) is 5.82 Å². The second kappa shape index (κ2) is 8.68. The van der Waals surface area contributed by atoms with E-state index >= 15 is 0 Å². The highest BCUT2D eigenvalue weighted by atomic mass is 35.5. The van der Waals surface area contributed by atoms with Gasteiger partial charge in [-0.15, -0.1) is 11.6 Å². The Morgan fingerprint density at radius 2 is 1.68 bits per heavy atom. The topological polar surface area (TPSA) is 90.0 Å². The zero-order valence-corrected chi connectivity index (χ0v) is 19.0. The van der Waals surface area contributed by atoms with Gasteiger partial charge < -0.3 is 5.73 Å². The lowest BCUT2D eigenvalue weighted by molar-refractivity contribution is 0.0845. The van der Waals surface area contributed by atoms with E-state index in [-0.39, 0.29) is 5.69 Å². The third-order valence-corrected chi connectivity index (χ3v) is 6.52. The van der Waals surface area contributed by atoms with Gasteiger partial charge in [0.1, 0.15) is 5.82 Å². The van der Waals surface area contributed by atoms with Gasteiger partial charge in [0.05, 0.1) is 27.8 Å². The number of benzene rings is 3. The van der Waals surface area contributed by atoms with Gasteiger partial charge in [-0.2, -0.15) is 5.10 Å². The van der Waals surface area contributed by atoms with Gasteiger partial charge >= 0.3 is 0 Å². The SMILES string of the molecule is NC1c2c(C(=O)NC(=O)c3ccccc3)nn(-c3ccc(F)cc3)c2-c2c(Cl)cccc2C1Cl. The van der Waals surface area contributed by atoms with E-state index < -0.39 is 29.1 Å². The molecular formula is C25H17Cl2FN4O2. The molecule has 1 aromatic heterocycles. The van der Waals surface area contributed by atoms with Gasteiger partial charge in [0.15, 0.2) is 5.69 Å². The van der Waals surface area contributed by atoms with E-state index in [1.165, 1.54) is 28.9 Å². The van der Waals surface area contributed by atoms with Crippen LogP contribution in [0.2, 0.25) is 5.02 Å². The van der Waals surface area contributed by atoms with Gasteiger partial charge in [-0.1, -0.05) is 41.9 Å². The summed E-state index contributed by atoms with van der Waals surface area (Å²) in [6.45, 7) is 0. The van der Waals surface area contributed by atoms with Crippen LogP contribution >= 0.6 is 23.2 Å². The average molecular weight is 495 g/mol. The fraction of sp³-hybridized carbons (Fsp3) is 0.0800. The summed E-state index contributed by atoms with van der Waals surface area (Å²) in [4.78, 5) is 25.9. The van der Waals surface area contributed by atoms with Crippen LogP contribution in [0.3, 0.4) is 0 Å². The van der Waals surface area contributed by atoms with Gasteiger partial charge in [-0.05, 0) is 48.0 Å². The Morgan fingerprint density at radius 3 is 2.38 bits per heavy atom. The van der Waals surface area contributed by atoms with Crippen LogP contribution in [-0.2, 0) is 0 Å². The number of nitrogens with zero attached hydrogens (tertiary/aromatic N) is 2. The number of halogens is 3. The summed E-state index contributed by atoms with van der Waals surface area (Å²) < 4.78 is 15.1. The van der Waals surface area contributed by atoms with Gasteiger partial charge in [0, 0.05) is 16.7 Å². The summed E-state index contributed by atoms with van der Waals surface area (Å²) in [6.07, 6.45) is 0. The molecule has 1 aliphatic rings. The molecule has 1 aliphatic carbocycles. The zero-order chi connectivity index (χ0) is 24.0. The normalized spacial score (nSPS) is 16.5. The van der Waals surface area contributed by atoms with Crippen LogP contribution in [0.4, 0.5) is 4.39 Å². The van der Waals surface area contributed by atoms with Crippen molar-refractivity contribution in [2.24, 2.45) is 5.73 Å². The molecule has 0 spiro atoms. The number of hydrogen-bond acceptors (Lipinski definition) is 4. The molecule has 0 fully saturated rings. The van der Waals surface area contributed by atoms with Crippen LogP contribution < -0.4 is 11.1 Å². The quantitative estimate of drug-likeness (QED) is 0.302. The predicted molar refractivity (Wildman–Crippen MR) is 128 cm³/mol. The standard InChI is InChI=1S/C25H17Cl2FN4O2/c26-17-8-4-7-16-18(17)23-19(21(29)20(16)27)22(31-32(23)15-11-9-14(28)10-12-15)25(34)30-24(33)13-5-2-1-3-6-13/h1-12,20-21H,29H2,(H,30,33,34). The van der Waals surface area contributed by atoms with E-state index in [0.717, 1.165) is 0 Å². The Labute approximate surface area is 204 Å². The van der Waals surface area contributed by atoms with Crippen LogP contribution in [-0.4, -0.2) is 21.6 Å². The van der Waals surface area contributed by atoms with Gasteiger partial charge in [0.25, 0.3) is 11.8 Å². The van der Waals surface area contributed by atoms with Gasteiger partial charge in [-0.3, -0.25) is 14.9 Å². The lowest BCUT2D eigenvalue weighted by atomic mass is 9.85. The maximum absolute atomic E-state index is 13.6. The first-order chi connectivity index (χ1) is 16.4. The number of nitrogens with two attached hydrogens (primary N) is 1. The number of alkyl halides is 1. The van der Waals surface area contributed by atoms with Crippen molar-refractivity contribution in [1.82, 2.24) is 15.1 Å². The number of fused-ring (bicyclic) bond motifs is 3. The lowest BCUT2D eigenvalue weighted by Gasteiger charge is -2.28. The van der Waals surface area contributed by atoms with Crippen molar-refractivity contribution in [1.29, 1.82) is 0 Å². The summed E-state index contributed by atoms with van der Waals surface area (Å²) in [5.74, 6) is -1.74. The van der Waals surface area contributed by atoms with E-state index in [9.17, 15) is 14.0 Å². The van der Waals surface area contributed by atoms with E-state index in [2.05, 4.69) is 10.4 Å². The number of imide groups is 1. The third-order valence-electron chi connectivity index (χ3n) is 5.70. The Kier molecular flexibility index (Phi) is 5.69. The molecule has 3 N–H and O–H groups in total. The smallest absolute Gasteiger partial charge is 0.278 e. The Bertz CT molecular complexity index is 1420. The number of rotatable bonds is 3. The van der Waals surface area contributed by atoms with E-state index in [1.807, 2.05) is 6.07 Å². The Morgan fingerprint density at radius 1 is 0.971 bits per heavy atom. The van der Waals surface area contributed by atoms with Gasteiger partial charge in [-0.25, -0.2) is 9.07 Å². The molecule has 0 aliphatic heterocycles. The summed E-state index contributed by atoms with van der Waals surface area (Å²) in [5, 5.41) is 6.57. The van der Waals surface area contributed by atoms with E-state index in [0.29, 0.717) is 38.7 Å². The molecule has 2 atom stereocenters. The molecule has 3 aromatic carbocycles. The molecule has 4 aromatic rings. The number of carbonyl (C=O) groups is 2. The summed E-state index contributed by atoms with van der Waals surface area (Å²) in [7, 11) is 0. The number of aromatic nitrogens is 2. The molecule has 1 heterocycles. The van der Waals surface area contributed by atoms with Crippen LogP contribution in [0.25, 0.3) is 16.9 Å². The average Bonchev–Trinajstić information content (AvgIpc) is 3.24. The number of amides is 2. The molecule has 5 rings (SSSR count). The van der Waals surface area contributed by atoms with Crippen molar-refractivity contribution in [2.75, 3.05) is 0 Å². The molecule has 170 valence electrons. The molecule has 6 nitrogen and oxygen atoms in total. The fourth-order valence-corrected chi connectivity index (χ4v) is 4.69. The summed E-state index contributed by atoms with van der Waals surface area (Å²) in [6, 6.07) is 18.4. The Hall–Kier alpha value is -3.52. The number of nitrogens with one attached hydrogen (secondary N) is 1. The molecule has 2 unspecified atom stereocenters. The highest BCUT2D eigenvalue weighted by Gasteiger charge is 2.39. The molecule has 0 radical (unpaired) electrons. The van der Waals surface area contributed by atoms with Crippen molar-refractivity contribution in [2.45, 2.75) is 11.4 Å². The number of hydrogen-bond donors (Lipinski definition) is 2. The zero-order valence-electron chi connectivity index (χ0n) is 17.5. The van der Waals surface area contributed by atoms with Gasteiger partial charge in [0.2, 0.25) is 0 Å². The van der Waals surface area contributed by atoms with Crippen molar-refractivity contribution in [3.05, 3.63) is 106 Å². The van der Waals surface area contributed by atoms with Crippen molar-refractivity contribution >= 4 is 35.0 Å². The molecule has 2 amide bonds. The lowest BCUT2D eigenvalue weighted by Crippen LogP contribution is -2.33. The first kappa shape index (κ1) is 22.3. The summed E-state index contributed by atoms with van der Waals surface area (Å²) >= 11 is 13.2. The maximum atomic E-state index is 13.6. The monoisotopic (exact) mass is 494 g/mol. The minimum absolute atomic E-state index is 0.0627. The highest BCUT2D eigenvalue weighted by molar-refractivity contribution is 6.34. The minimum atomic E-state index is -0.815. The Balaban J connectivity index is 1.70. The molecule has 0 saturated carbocycles. The van der Waals surface area contributed by atoms with Crippen molar-refractivity contribution in [3.8, 4) is 16.9 Å². The molecular weight excluding hydrogens is 478 g/mol. The molecule has 34 heavy (non-hydrogen) atoms. The van der Waals surface area contributed by atoms with Crippen LogP contribution in [0.5, 0.6) is 0 Å². The first-order valence-electron chi connectivity index (χ1n) is 10.3. The highest BCUT2D eigenvalue weighted by Crippen LogP contribution is 2.50. The predicted octanol–water partition coefficient (Wildman–Crippen LogP) is 5.20. The van der Waals surface area contributed by atoms with Crippen molar-refractivity contribution < 1.29 is 14.0 Å². The number of carbonyl (C=O) groups excluding carboxylic acids is 2. The maximum Gasteiger partial charge on any atom is 0.278 e. The van der Waals surface area contributed by atoms with Crippen LogP contribution in [0.15, 0.2) is 72.8 Å². The van der Waals surface area contributed by atoms with Crippen molar-refractivity contribution in [3.63, 3.8) is 0 Å². The largest absolute Gasteiger partial charge is 0.322 e. The molecule has 0 bridgehead atoms. The third kappa shape index (κ3) is 3.68. The van der Waals surface area contributed by atoms with E-state index in [1.54, 1.807) is 42.5 Å². The summed E-state index contributed by atoms with van der Waals surface area (Å²) in [5.41, 5.74) is 9.31. The molecule has 9 heteroatoms. The first-order valence-corrected chi connectivity index (χ1v) is 11.2. The fourth-order valence-electron chi connectivity index (χ4n) is 4.11. The molecule has 0 saturated heterocycles. The van der Waals surface area contributed by atoms with E-state index in [4.69, 9.17) is 28.9 Å². The second-order valence-corrected chi connectivity index (χ2v) is 8.66.